The normalized spacial score (nSPS) is 16.6. The Morgan fingerprint density at radius 3 is 2.52 bits per heavy atom. The van der Waals surface area contributed by atoms with Crippen LogP contribution in [0.1, 0.15) is 45.7 Å². The summed E-state index contributed by atoms with van der Waals surface area (Å²) in [6.07, 6.45) is 3.46. The predicted octanol–water partition coefficient (Wildman–Crippen LogP) is 4.24. The summed E-state index contributed by atoms with van der Waals surface area (Å²) in [4.78, 5) is 13.8. The third kappa shape index (κ3) is 4.62. The molecular weight excluding hydrogens is 436 g/mol. The highest BCUT2D eigenvalue weighted by atomic mass is 32.2. The Hall–Kier alpha value is -2.87. The van der Waals surface area contributed by atoms with Gasteiger partial charge in [0.2, 0.25) is 5.91 Å². The van der Waals surface area contributed by atoms with Gasteiger partial charge in [0, 0.05) is 31.9 Å². The van der Waals surface area contributed by atoms with Crippen LogP contribution in [-0.2, 0) is 21.2 Å². The average Bonchev–Trinajstić information content (AvgIpc) is 3.44. The zero-order valence-electron chi connectivity index (χ0n) is 19.7. The van der Waals surface area contributed by atoms with E-state index < -0.39 is 10.0 Å². The maximum Gasteiger partial charge on any atom is 0.264 e. The number of hydrogen-bond donors (Lipinski definition) is 0. The average molecular weight is 469 g/mol. The zero-order chi connectivity index (χ0) is 23.8. The number of amides is 1. The molecule has 1 fully saturated rings. The van der Waals surface area contributed by atoms with E-state index in [1.165, 1.54) is 9.87 Å². The maximum atomic E-state index is 13.7. The van der Waals surface area contributed by atoms with Crippen molar-refractivity contribution in [2.45, 2.75) is 51.5 Å². The first kappa shape index (κ1) is 23.3. The van der Waals surface area contributed by atoms with Crippen molar-refractivity contribution in [1.29, 1.82) is 0 Å². The summed E-state index contributed by atoms with van der Waals surface area (Å²) < 4.78 is 30.8. The molecule has 33 heavy (non-hydrogen) atoms. The van der Waals surface area contributed by atoms with Gasteiger partial charge in [-0.05, 0) is 54.7 Å². The van der Waals surface area contributed by atoms with Gasteiger partial charge in [-0.1, -0.05) is 32.9 Å². The van der Waals surface area contributed by atoms with E-state index in [0.29, 0.717) is 18.8 Å². The van der Waals surface area contributed by atoms with Crippen molar-refractivity contribution in [3.8, 4) is 0 Å². The minimum absolute atomic E-state index is 0.0690. The second-order valence-corrected chi connectivity index (χ2v) is 11.0. The molecule has 2 heterocycles. The first-order valence-corrected chi connectivity index (χ1v) is 13.0. The Morgan fingerprint density at radius 2 is 1.91 bits per heavy atom. The van der Waals surface area contributed by atoms with Crippen LogP contribution < -0.4 is 4.31 Å². The van der Waals surface area contributed by atoms with Gasteiger partial charge in [-0.25, -0.2) is 8.42 Å². The van der Waals surface area contributed by atoms with E-state index in [-0.39, 0.29) is 22.8 Å². The number of rotatable bonds is 7. The second kappa shape index (κ2) is 9.17. The SMILES string of the molecule is CCc1ccc(N(CC(C)C)S(=O)(=O)c2ccc3c(cnn3C3CCN(C(C)=O)C3)c2)cc1. The van der Waals surface area contributed by atoms with Gasteiger partial charge in [-0.2, -0.15) is 5.10 Å². The van der Waals surface area contributed by atoms with Gasteiger partial charge < -0.3 is 4.90 Å². The van der Waals surface area contributed by atoms with Crippen LogP contribution in [0.2, 0.25) is 0 Å². The minimum Gasteiger partial charge on any atom is -0.341 e. The maximum absolute atomic E-state index is 13.7. The highest BCUT2D eigenvalue weighted by Crippen LogP contribution is 2.30. The first-order valence-electron chi connectivity index (χ1n) is 11.5. The molecule has 0 saturated carbocycles. The number of anilines is 1. The van der Waals surface area contributed by atoms with Crippen LogP contribution >= 0.6 is 0 Å². The van der Waals surface area contributed by atoms with Crippen LogP contribution in [-0.4, -0.2) is 48.6 Å². The number of nitrogens with zero attached hydrogens (tertiary/aromatic N) is 4. The number of aryl methyl sites for hydroxylation is 1. The second-order valence-electron chi connectivity index (χ2n) is 9.17. The third-order valence-electron chi connectivity index (χ3n) is 6.27. The lowest BCUT2D eigenvalue weighted by atomic mass is 10.1. The third-order valence-corrected chi connectivity index (χ3v) is 8.06. The fraction of sp³-hybridized carbons (Fsp3) is 0.440. The molecular formula is C25H32N4O3S. The van der Waals surface area contributed by atoms with Gasteiger partial charge in [-0.15, -0.1) is 0 Å². The van der Waals surface area contributed by atoms with Gasteiger partial charge in [0.1, 0.15) is 0 Å². The standard InChI is InChI=1S/C25H32N4O3S/c1-5-20-6-8-22(9-7-20)28(16-18(2)3)33(31,32)24-10-11-25-21(14-24)15-26-29(25)23-12-13-27(17-23)19(4)30/h6-11,14-15,18,23H,5,12-13,16-17H2,1-4H3. The number of benzene rings is 2. The van der Waals surface area contributed by atoms with E-state index >= 15 is 0 Å². The van der Waals surface area contributed by atoms with Crippen molar-refractivity contribution in [3.63, 3.8) is 0 Å². The lowest BCUT2D eigenvalue weighted by Gasteiger charge is -2.26. The largest absolute Gasteiger partial charge is 0.341 e. The van der Waals surface area contributed by atoms with Crippen molar-refractivity contribution in [2.24, 2.45) is 5.92 Å². The first-order chi connectivity index (χ1) is 15.7. The Balaban J connectivity index is 1.67. The number of hydrogen-bond acceptors (Lipinski definition) is 4. The van der Waals surface area contributed by atoms with Crippen LogP contribution in [0.4, 0.5) is 5.69 Å². The highest BCUT2D eigenvalue weighted by Gasteiger charge is 2.29. The molecule has 4 rings (SSSR count). The van der Waals surface area contributed by atoms with Crippen molar-refractivity contribution in [1.82, 2.24) is 14.7 Å². The van der Waals surface area contributed by atoms with Crippen LogP contribution in [0.15, 0.2) is 53.6 Å². The molecule has 8 heteroatoms. The molecule has 0 radical (unpaired) electrons. The predicted molar refractivity (Wildman–Crippen MR) is 131 cm³/mol. The number of carbonyl (C=O) groups is 1. The van der Waals surface area contributed by atoms with Crippen molar-refractivity contribution in [2.75, 3.05) is 23.9 Å². The Labute approximate surface area is 196 Å². The van der Waals surface area contributed by atoms with Crippen LogP contribution in [0.5, 0.6) is 0 Å². The van der Waals surface area contributed by atoms with E-state index in [2.05, 4.69) is 12.0 Å². The van der Waals surface area contributed by atoms with Gasteiger partial charge in [0.15, 0.2) is 0 Å². The van der Waals surface area contributed by atoms with Gasteiger partial charge in [0.25, 0.3) is 10.0 Å². The summed E-state index contributed by atoms with van der Waals surface area (Å²) in [6.45, 7) is 9.44. The monoisotopic (exact) mass is 468 g/mol. The summed E-state index contributed by atoms with van der Waals surface area (Å²) in [7, 11) is -3.75. The molecule has 1 unspecified atom stereocenters. The molecule has 1 aromatic heterocycles. The lowest BCUT2D eigenvalue weighted by molar-refractivity contribution is -0.127. The fourth-order valence-electron chi connectivity index (χ4n) is 4.41. The van der Waals surface area contributed by atoms with E-state index in [1.54, 1.807) is 25.3 Å². The summed E-state index contributed by atoms with van der Waals surface area (Å²) in [5, 5.41) is 5.32. The molecule has 3 aromatic rings. The lowest BCUT2D eigenvalue weighted by Crippen LogP contribution is -2.34. The topological polar surface area (TPSA) is 75.5 Å². The smallest absolute Gasteiger partial charge is 0.264 e. The number of likely N-dealkylation sites (tertiary alicyclic amines) is 1. The molecule has 0 spiro atoms. The Bertz CT molecular complexity index is 1250. The quantitative estimate of drug-likeness (QED) is 0.520. The summed E-state index contributed by atoms with van der Waals surface area (Å²) in [5.74, 6) is 0.239. The van der Waals surface area contributed by atoms with E-state index in [1.807, 2.05) is 53.8 Å². The fourth-order valence-corrected chi connectivity index (χ4v) is 6.07. The molecule has 0 N–H and O–H groups in total. The molecule has 0 bridgehead atoms. The Morgan fingerprint density at radius 1 is 1.18 bits per heavy atom. The molecule has 1 saturated heterocycles. The molecule has 176 valence electrons. The van der Waals surface area contributed by atoms with E-state index in [4.69, 9.17) is 0 Å². The molecule has 1 aliphatic heterocycles. The molecule has 0 aliphatic carbocycles. The highest BCUT2D eigenvalue weighted by molar-refractivity contribution is 7.92. The van der Waals surface area contributed by atoms with Crippen LogP contribution in [0, 0.1) is 5.92 Å². The van der Waals surface area contributed by atoms with Gasteiger partial charge >= 0.3 is 0 Å². The summed E-state index contributed by atoms with van der Waals surface area (Å²) in [6, 6.07) is 13.0. The zero-order valence-corrected chi connectivity index (χ0v) is 20.5. The van der Waals surface area contributed by atoms with Gasteiger partial charge in [-0.3, -0.25) is 13.8 Å². The summed E-state index contributed by atoms with van der Waals surface area (Å²) in [5.41, 5.74) is 2.73. The summed E-state index contributed by atoms with van der Waals surface area (Å²) >= 11 is 0. The van der Waals surface area contributed by atoms with Crippen LogP contribution in [0.3, 0.4) is 0 Å². The number of aromatic nitrogens is 2. The minimum atomic E-state index is -3.75. The van der Waals surface area contributed by atoms with Crippen LogP contribution in [0.25, 0.3) is 10.9 Å². The molecule has 2 aromatic carbocycles. The molecule has 1 atom stereocenters. The van der Waals surface area contributed by atoms with Gasteiger partial charge in [0.05, 0.1) is 28.3 Å². The molecule has 7 nitrogen and oxygen atoms in total. The number of carbonyl (C=O) groups excluding carboxylic acids is 1. The Kier molecular flexibility index (Phi) is 6.47. The number of sulfonamides is 1. The number of fused-ring (bicyclic) bond motifs is 1. The van der Waals surface area contributed by atoms with Crippen molar-refractivity contribution in [3.05, 3.63) is 54.2 Å². The van der Waals surface area contributed by atoms with E-state index in [9.17, 15) is 13.2 Å². The van der Waals surface area contributed by atoms with Crippen molar-refractivity contribution >= 4 is 32.5 Å². The van der Waals surface area contributed by atoms with Crippen molar-refractivity contribution < 1.29 is 13.2 Å². The molecule has 1 aliphatic rings. The molecule has 1 amide bonds. The van der Waals surface area contributed by atoms with E-state index in [0.717, 1.165) is 30.3 Å².